The number of hydrogen-bond donors (Lipinski definition) is 0. The minimum atomic E-state index is -0.387. The van der Waals surface area contributed by atoms with E-state index in [9.17, 15) is 14.4 Å². The summed E-state index contributed by atoms with van der Waals surface area (Å²) >= 11 is 0. The van der Waals surface area contributed by atoms with E-state index in [4.69, 9.17) is 0 Å². The highest BCUT2D eigenvalue weighted by Crippen LogP contribution is 2.50. The van der Waals surface area contributed by atoms with Crippen LogP contribution in [-0.4, -0.2) is 29.0 Å². The van der Waals surface area contributed by atoms with Crippen molar-refractivity contribution >= 4 is 17.6 Å². The van der Waals surface area contributed by atoms with Crippen molar-refractivity contribution < 1.29 is 14.4 Å². The lowest BCUT2D eigenvalue weighted by molar-refractivity contribution is -0.142. The number of Topliss-reactive ketones (excluding diaryl/α,β-unsaturated/α-hetero) is 1. The third-order valence-electron chi connectivity index (χ3n) is 4.18. The molecule has 2 fully saturated rings. The fourth-order valence-corrected chi connectivity index (χ4v) is 3.31. The van der Waals surface area contributed by atoms with Crippen molar-refractivity contribution in [3.05, 3.63) is 12.2 Å². The molecule has 4 heteroatoms. The summed E-state index contributed by atoms with van der Waals surface area (Å²) in [5, 5.41) is 0. The lowest BCUT2D eigenvalue weighted by Gasteiger charge is -2.16. The topological polar surface area (TPSA) is 54.5 Å². The standard InChI is InChI=1S/C13H15NO3/c1-2-3-6-14-12(16)9-7-4-5-8(11(7)15)10(9)13(14)17/h4-5,7-10H,2-3,6H2,1H3. The van der Waals surface area contributed by atoms with Gasteiger partial charge in [-0.1, -0.05) is 25.5 Å². The van der Waals surface area contributed by atoms with Gasteiger partial charge in [0.2, 0.25) is 11.8 Å². The van der Waals surface area contributed by atoms with E-state index in [-0.39, 0.29) is 41.3 Å². The minimum absolute atomic E-state index is 0.0665. The van der Waals surface area contributed by atoms with E-state index in [1.54, 1.807) is 0 Å². The van der Waals surface area contributed by atoms with Crippen LogP contribution in [0.15, 0.2) is 12.2 Å². The molecule has 0 aromatic rings. The van der Waals surface area contributed by atoms with E-state index in [1.807, 2.05) is 19.1 Å². The highest BCUT2D eigenvalue weighted by atomic mass is 16.2. The predicted molar refractivity (Wildman–Crippen MR) is 59.7 cm³/mol. The van der Waals surface area contributed by atoms with E-state index < -0.39 is 0 Å². The second kappa shape index (κ2) is 3.52. The van der Waals surface area contributed by atoms with Gasteiger partial charge in [-0.3, -0.25) is 19.3 Å². The van der Waals surface area contributed by atoms with Gasteiger partial charge in [0.05, 0.1) is 11.8 Å². The number of carbonyl (C=O) groups is 3. The van der Waals surface area contributed by atoms with Crippen molar-refractivity contribution in [2.24, 2.45) is 23.7 Å². The molecule has 4 atom stereocenters. The monoisotopic (exact) mass is 233 g/mol. The molecule has 90 valence electrons. The number of rotatable bonds is 3. The molecule has 0 aromatic carbocycles. The largest absolute Gasteiger partial charge is 0.298 e. The number of unbranched alkanes of at least 4 members (excludes halogenated alkanes) is 1. The Labute approximate surface area is 99.7 Å². The lowest BCUT2D eigenvalue weighted by atomic mass is 9.85. The summed E-state index contributed by atoms with van der Waals surface area (Å²) in [4.78, 5) is 37.5. The molecule has 0 N–H and O–H groups in total. The van der Waals surface area contributed by atoms with Crippen molar-refractivity contribution in [2.45, 2.75) is 19.8 Å². The number of ketones is 1. The molecule has 2 aliphatic carbocycles. The van der Waals surface area contributed by atoms with Gasteiger partial charge in [0, 0.05) is 18.4 Å². The van der Waals surface area contributed by atoms with Crippen molar-refractivity contribution in [2.75, 3.05) is 6.54 Å². The molecule has 3 rings (SSSR count). The predicted octanol–water partition coefficient (Wildman–Crippen LogP) is 0.773. The molecule has 4 unspecified atom stereocenters. The molecule has 4 nitrogen and oxygen atoms in total. The fourth-order valence-electron chi connectivity index (χ4n) is 3.31. The molecule has 1 saturated heterocycles. The van der Waals surface area contributed by atoms with Crippen molar-refractivity contribution in [3.8, 4) is 0 Å². The van der Waals surface area contributed by atoms with Gasteiger partial charge in [-0.15, -0.1) is 0 Å². The van der Waals surface area contributed by atoms with Crippen LogP contribution in [0.4, 0.5) is 0 Å². The van der Waals surface area contributed by atoms with Crippen molar-refractivity contribution in [1.82, 2.24) is 4.90 Å². The van der Waals surface area contributed by atoms with E-state index in [2.05, 4.69) is 0 Å². The summed E-state index contributed by atoms with van der Waals surface area (Å²) in [7, 11) is 0. The fraction of sp³-hybridized carbons (Fsp3) is 0.615. The molecule has 0 spiro atoms. The summed E-state index contributed by atoms with van der Waals surface area (Å²) in [6, 6.07) is 0. The Hall–Kier alpha value is -1.45. The molecule has 2 bridgehead atoms. The van der Waals surface area contributed by atoms with Crippen LogP contribution in [0, 0.1) is 23.7 Å². The van der Waals surface area contributed by atoms with E-state index in [0.29, 0.717) is 6.54 Å². The van der Waals surface area contributed by atoms with Crippen LogP contribution >= 0.6 is 0 Å². The molecule has 3 aliphatic rings. The molecule has 0 radical (unpaired) electrons. The zero-order valence-electron chi connectivity index (χ0n) is 9.76. The van der Waals surface area contributed by atoms with E-state index in [1.165, 1.54) is 4.90 Å². The molecule has 1 saturated carbocycles. The third kappa shape index (κ3) is 1.21. The van der Waals surface area contributed by atoms with Gasteiger partial charge >= 0.3 is 0 Å². The summed E-state index contributed by atoms with van der Waals surface area (Å²) in [6.07, 6.45) is 5.41. The first-order valence-electron chi connectivity index (χ1n) is 6.24. The number of imide groups is 1. The number of fused-ring (bicyclic) bond motifs is 5. The van der Waals surface area contributed by atoms with Crippen molar-refractivity contribution in [3.63, 3.8) is 0 Å². The maximum Gasteiger partial charge on any atom is 0.234 e. The normalized spacial score (nSPS) is 38.4. The van der Waals surface area contributed by atoms with Gasteiger partial charge in [0.15, 0.2) is 0 Å². The molecule has 1 heterocycles. The van der Waals surface area contributed by atoms with Crippen LogP contribution < -0.4 is 0 Å². The summed E-state index contributed by atoms with van der Waals surface area (Å²) in [6.45, 7) is 2.54. The zero-order chi connectivity index (χ0) is 12.2. The summed E-state index contributed by atoms with van der Waals surface area (Å²) in [5.74, 6) is -1.61. The second-order valence-electron chi connectivity index (χ2n) is 5.07. The van der Waals surface area contributed by atoms with Gasteiger partial charge in [0.1, 0.15) is 5.78 Å². The van der Waals surface area contributed by atoms with Crippen LogP contribution in [0.25, 0.3) is 0 Å². The quantitative estimate of drug-likeness (QED) is 0.534. The molecule has 17 heavy (non-hydrogen) atoms. The third-order valence-corrected chi connectivity index (χ3v) is 4.18. The average molecular weight is 233 g/mol. The highest BCUT2D eigenvalue weighted by molar-refractivity contribution is 6.13. The first kappa shape index (κ1) is 10.7. The van der Waals surface area contributed by atoms with E-state index >= 15 is 0 Å². The Morgan fingerprint density at radius 1 is 1.06 bits per heavy atom. The van der Waals surface area contributed by atoms with Crippen molar-refractivity contribution in [1.29, 1.82) is 0 Å². The zero-order valence-corrected chi connectivity index (χ0v) is 9.76. The average Bonchev–Trinajstić information content (AvgIpc) is 2.90. The number of likely N-dealkylation sites (tertiary alicyclic amines) is 1. The smallest absolute Gasteiger partial charge is 0.234 e. The first-order valence-corrected chi connectivity index (χ1v) is 6.24. The summed E-state index contributed by atoms with van der Waals surface area (Å²) in [5.41, 5.74) is 0. The van der Waals surface area contributed by atoms with Crippen LogP contribution in [0.3, 0.4) is 0 Å². The minimum Gasteiger partial charge on any atom is -0.298 e. The Morgan fingerprint density at radius 3 is 2.06 bits per heavy atom. The number of hydrogen-bond acceptors (Lipinski definition) is 3. The number of nitrogens with zero attached hydrogens (tertiary/aromatic N) is 1. The van der Waals surface area contributed by atoms with Gasteiger partial charge in [-0.2, -0.15) is 0 Å². The van der Waals surface area contributed by atoms with Crippen LogP contribution in [-0.2, 0) is 14.4 Å². The Bertz CT molecular complexity index is 406. The Kier molecular flexibility index (Phi) is 2.21. The number of amides is 2. The van der Waals surface area contributed by atoms with Gasteiger partial charge < -0.3 is 0 Å². The number of carbonyl (C=O) groups excluding carboxylic acids is 3. The lowest BCUT2D eigenvalue weighted by Crippen LogP contribution is -2.35. The van der Waals surface area contributed by atoms with Crippen LogP contribution in [0.1, 0.15) is 19.8 Å². The SMILES string of the molecule is CCCCN1C(=O)C2C3C=CC(C3=O)C2C1=O. The summed E-state index contributed by atoms with van der Waals surface area (Å²) < 4.78 is 0. The van der Waals surface area contributed by atoms with Crippen LogP contribution in [0.5, 0.6) is 0 Å². The van der Waals surface area contributed by atoms with Gasteiger partial charge in [-0.25, -0.2) is 0 Å². The molecule has 2 amide bonds. The molecule has 1 aliphatic heterocycles. The molecular weight excluding hydrogens is 218 g/mol. The van der Waals surface area contributed by atoms with Gasteiger partial charge in [-0.05, 0) is 6.42 Å². The maximum absolute atomic E-state index is 12.2. The van der Waals surface area contributed by atoms with Crippen LogP contribution in [0.2, 0.25) is 0 Å². The Morgan fingerprint density at radius 2 is 1.59 bits per heavy atom. The molecule has 0 aromatic heterocycles. The van der Waals surface area contributed by atoms with Gasteiger partial charge in [0.25, 0.3) is 0 Å². The first-order chi connectivity index (χ1) is 8.16. The Balaban J connectivity index is 1.88. The molecular formula is C13H15NO3. The second-order valence-corrected chi connectivity index (χ2v) is 5.07. The number of allylic oxidation sites excluding steroid dienone is 2. The maximum atomic E-state index is 12.2. The van der Waals surface area contributed by atoms with E-state index in [0.717, 1.165) is 12.8 Å². The highest BCUT2D eigenvalue weighted by Gasteiger charge is 2.63.